The molecular formula is C36H37N3O4S. The van der Waals surface area contributed by atoms with E-state index in [0.29, 0.717) is 36.7 Å². The molecule has 1 saturated heterocycles. The lowest BCUT2D eigenvalue weighted by Crippen LogP contribution is -2.41. The van der Waals surface area contributed by atoms with Crippen LogP contribution in [-0.4, -0.2) is 55.7 Å². The van der Waals surface area contributed by atoms with Crippen LogP contribution in [0.4, 0.5) is 0 Å². The lowest BCUT2D eigenvalue weighted by atomic mass is 9.83. The minimum Gasteiger partial charge on any atom is -0.477 e. The normalized spacial score (nSPS) is 16.6. The number of amides is 1. The number of pyridine rings is 1. The number of fused-ring (bicyclic) bond motifs is 2. The standard InChI is InChI=1S/C36H37N3O4S/c1-22-7-9-23(10-8-22)28-13-11-25-19-26(12-14-29(25)37-28)34-33(24-5-3-2-4-6-24)35-30(20-31(44-35)36(42)43)39(34)21-32(41)38-17-15-27(40)16-18-38/h7-14,19-20,24,27,40H,2-6,15-18,21H2,1H3,(H,42,43). The zero-order valence-electron chi connectivity index (χ0n) is 25.0. The third-order valence-corrected chi connectivity index (χ3v) is 10.6. The highest BCUT2D eigenvalue weighted by molar-refractivity contribution is 7.21. The number of thiophene rings is 1. The van der Waals surface area contributed by atoms with E-state index >= 15 is 0 Å². The highest BCUT2D eigenvalue weighted by Crippen LogP contribution is 2.47. The van der Waals surface area contributed by atoms with E-state index in [1.165, 1.54) is 28.9 Å². The van der Waals surface area contributed by atoms with Crippen LogP contribution in [0.3, 0.4) is 0 Å². The van der Waals surface area contributed by atoms with E-state index in [9.17, 15) is 19.8 Å². The lowest BCUT2D eigenvalue weighted by Gasteiger charge is -2.30. The number of hydrogen-bond acceptors (Lipinski definition) is 5. The van der Waals surface area contributed by atoms with Crippen LogP contribution in [-0.2, 0) is 11.3 Å². The highest BCUT2D eigenvalue weighted by Gasteiger charge is 2.31. The third kappa shape index (κ3) is 5.41. The van der Waals surface area contributed by atoms with Gasteiger partial charge in [0.05, 0.1) is 33.2 Å². The van der Waals surface area contributed by atoms with Gasteiger partial charge in [-0.25, -0.2) is 9.78 Å². The van der Waals surface area contributed by atoms with Gasteiger partial charge in [-0.15, -0.1) is 11.3 Å². The summed E-state index contributed by atoms with van der Waals surface area (Å²) in [5.41, 5.74) is 8.16. The van der Waals surface area contributed by atoms with Gasteiger partial charge in [-0.1, -0.05) is 61.2 Å². The number of aromatic nitrogens is 2. The van der Waals surface area contributed by atoms with Crippen molar-refractivity contribution >= 4 is 44.3 Å². The van der Waals surface area contributed by atoms with Gasteiger partial charge in [0.15, 0.2) is 0 Å². The van der Waals surface area contributed by atoms with Gasteiger partial charge in [0.2, 0.25) is 5.91 Å². The summed E-state index contributed by atoms with van der Waals surface area (Å²) in [5.74, 6) is -0.634. The minimum absolute atomic E-state index is 0.00138. The Labute approximate surface area is 260 Å². The van der Waals surface area contributed by atoms with Crippen LogP contribution in [0.2, 0.25) is 0 Å². The predicted octanol–water partition coefficient (Wildman–Crippen LogP) is 7.62. The van der Waals surface area contributed by atoms with Crippen LogP contribution in [0.5, 0.6) is 0 Å². The maximum Gasteiger partial charge on any atom is 0.345 e. The lowest BCUT2D eigenvalue weighted by molar-refractivity contribution is -0.133. The van der Waals surface area contributed by atoms with Crippen molar-refractivity contribution in [3.8, 4) is 22.5 Å². The van der Waals surface area contributed by atoms with Crippen LogP contribution in [0.25, 0.3) is 43.6 Å². The van der Waals surface area contributed by atoms with Crippen molar-refractivity contribution in [1.29, 1.82) is 0 Å². The largest absolute Gasteiger partial charge is 0.477 e. The van der Waals surface area contributed by atoms with Crippen LogP contribution >= 0.6 is 11.3 Å². The minimum atomic E-state index is -0.939. The molecule has 2 aliphatic rings. The molecule has 2 N–H and O–H groups in total. The van der Waals surface area contributed by atoms with Gasteiger partial charge < -0.3 is 19.7 Å². The number of rotatable bonds is 6. The fourth-order valence-corrected chi connectivity index (χ4v) is 8.13. The number of aromatic carboxylic acids is 1. The molecule has 0 bridgehead atoms. The molecule has 1 amide bonds. The molecule has 0 unspecified atom stereocenters. The zero-order chi connectivity index (χ0) is 30.4. The number of carboxylic acids is 1. The second-order valence-electron chi connectivity index (χ2n) is 12.4. The van der Waals surface area contributed by atoms with Crippen molar-refractivity contribution in [3.63, 3.8) is 0 Å². The van der Waals surface area contributed by atoms with Gasteiger partial charge in [0.25, 0.3) is 0 Å². The van der Waals surface area contributed by atoms with E-state index in [1.54, 1.807) is 6.07 Å². The molecule has 0 spiro atoms. The van der Waals surface area contributed by atoms with E-state index in [-0.39, 0.29) is 18.6 Å². The van der Waals surface area contributed by atoms with Gasteiger partial charge in [-0.3, -0.25) is 4.79 Å². The number of carboxylic acid groups (broad SMARTS) is 1. The number of aliphatic hydroxyl groups is 1. The summed E-state index contributed by atoms with van der Waals surface area (Å²) in [5, 5.41) is 21.0. The summed E-state index contributed by atoms with van der Waals surface area (Å²) in [7, 11) is 0. The van der Waals surface area contributed by atoms with Gasteiger partial charge in [-0.05, 0) is 73.9 Å². The van der Waals surface area contributed by atoms with Crippen LogP contribution in [0, 0.1) is 6.92 Å². The van der Waals surface area contributed by atoms with Crippen molar-refractivity contribution in [1.82, 2.24) is 14.5 Å². The van der Waals surface area contributed by atoms with E-state index in [1.807, 2.05) is 4.90 Å². The Morgan fingerprint density at radius 2 is 1.64 bits per heavy atom. The number of carbonyl (C=O) groups is 2. The van der Waals surface area contributed by atoms with Crippen LogP contribution in [0.15, 0.2) is 60.7 Å². The molecule has 2 aromatic carbocycles. The number of nitrogens with zero attached hydrogens (tertiary/aromatic N) is 3. The second kappa shape index (κ2) is 11.8. The fourth-order valence-electron chi connectivity index (χ4n) is 7.01. The van der Waals surface area contributed by atoms with Gasteiger partial charge in [0.1, 0.15) is 11.4 Å². The summed E-state index contributed by atoms with van der Waals surface area (Å²) < 4.78 is 3.06. The molecule has 44 heavy (non-hydrogen) atoms. The van der Waals surface area contributed by atoms with E-state index in [2.05, 4.69) is 66.1 Å². The molecule has 7 rings (SSSR count). The Hall–Kier alpha value is -4.01. The molecule has 5 aromatic rings. The maximum absolute atomic E-state index is 13.7. The van der Waals surface area contributed by atoms with Crippen molar-refractivity contribution in [2.75, 3.05) is 13.1 Å². The quantitative estimate of drug-likeness (QED) is 0.207. The molecule has 4 heterocycles. The molecule has 2 fully saturated rings. The number of aliphatic hydroxyl groups excluding tert-OH is 1. The monoisotopic (exact) mass is 607 g/mol. The Morgan fingerprint density at radius 1 is 0.909 bits per heavy atom. The Morgan fingerprint density at radius 3 is 2.36 bits per heavy atom. The summed E-state index contributed by atoms with van der Waals surface area (Å²) >= 11 is 1.33. The Kier molecular flexibility index (Phi) is 7.72. The first kappa shape index (κ1) is 28.7. The predicted molar refractivity (Wildman–Crippen MR) is 175 cm³/mol. The Balaban J connectivity index is 1.37. The topological polar surface area (TPSA) is 95.7 Å². The number of aryl methyl sites for hydroxylation is 1. The molecule has 1 saturated carbocycles. The summed E-state index contributed by atoms with van der Waals surface area (Å²) in [6.07, 6.45) is 6.41. The van der Waals surface area contributed by atoms with E-state index in [0.717, 1.165) is 69.3 Å². The number of likely N-dealkylation sites (tertiary alicyclic amines) is 1. The third-order valence-electron chi connectivity index (χ3n) is 9.42. The molecule has 7 nitrogen and oxygen atoms in total. The van der Waals surface area contributed by atoms with Crippen LogP contribution in [0.1, 0.15) is 71.7 Å². The van der Waals surface area contributed by atoms with Crippen molar-refractivity contribution in [2.24, 2.45) is 0 Å². The number of benzene rings is 2. The maximum atomic E-state index is 13.7. The van der Waals surface area contributed by atoms with E-state index in [4.69, 9.17) is 4.98 Å². The van der Waals surface area contributed by atoms with Crippen molar-refractivity contribution in [3.05, 3.63) is 76.7 Å². The molecular weight excluding hydrogens is 570 g/mol. The molecule has 226 valence electrons. The SMILES string of the molecule is Cc1ccc(-c2ccc3cc(-c4c(C5CCCCC5)c5sc(C(=O)O)cc5n4CC(=O)N4CCC(O)CC4)ccc3n2)cc1. The van der Waals surface area contributed by atoms with Gasteiger partial charge >= 0.3 is 5.97 Å². The first-order chi connectivity index (χ1) is 21.4. The number of piperidine rings is 1. The number of hydrogen-bond donors (Lipinski definition) is 2. The zero-order valence-corrected chi connectivity index (χ0v) is 25.8. The molecule has 1 aliphatic heterocycles. The molecule has 3 aromatic heterocycles. The molecule has 0 radical (unpaired) electrons. The molecule has 1 aliphatic carbocycles. The average molecular weight is 608 g/mol. The van der Waals surface area contributed by atoms with Crippen molar-refractivity contribution < 1.29 is 19.8 Å². The van der Waals surface area contributed by atoms with Crippen molar-refractivity contribution in [2.45, 2.75) is 70.4 Å². The second-order valence-corrected chi connectivity index (χ2v) is 13.4. The van der Waals surface area contributed by atoms with Gasteiger partial charge in [-0.2, -0.15) is 0 Å². The van der Waals surface area contributed by atoms with Gasteiger partial charge in [0, 0.05) is 24.0 Å². The molecule has 8 heteroatoms. The fraction of sp³-hybridized carbons (Fsp3) is 0.361. The first-order valence-electron chi connectivity index (χ1n) is 15.7. The Bertz CT molecular complexity index is 1860. The summed E-state index contributed by atoms with van der Waals surface area (Å²) in [6.45, 7) is 3.27. The summed E-state index contributed by atoms with van der Waals surface area (Å²) in [4.78, 5) is 33.0. The molecule has 0 atom stereocenters. The first-order valence-corrected chi connectivity index (χ1v) is 16.5. The summed E-state index contributed by atoms with van der Waals surface area (Å²) in [6, 6.07) is 20.7. The van der Waals surface area contributed by atoms with E-state index < -0.39 is 5.97 Å². The smallest absolute Gasteiger partial charge is 0.345 e. The average Bonchev–Trinajstić information content (AvgIpc) is 3.60. The van der Waals surface area contributed by atoms with Crippen LogP contribution < -0.4 is 0 Å². The number of carbonyl (C=O) groups excluding carboxylic acids is 1. The highest BCUT2D eigenvalue weighted by atomic mass is 32.1.